The van der Waals surface area contributed by atoms with Crippen molar-refractivity contribution < 1.29 is 23.8 Å². The van der Waals surface area contributed by atoms with E-state index in [-0.39, 0.29) is 18.4 Å². The molecule has 0 aliphatic carbocycles. The van der Waals surface area contributed by atoms with Crippen LogP contribution < -0.4 is 0 Å². The van der Waals surface area contributed by atoms with Gasteiger partial charge in [0.2, 0.25) is 5.91 Å². The van der Waals surface area contributed by atoms with Crippen LogP contribution in [0.25, 0.3) is 0 Å². The summed E-state index contributed by atoms with van der Waals surface area (Å²) in [6, 6.07) is 0. The lowest BCUT2D eigenvalue weighted by molar-refractivity contribution is -0.155. The van der Waals surface area contributed by atoms with E-state index in [1.54, 1.807) is 21.0 Å². The number of halogens is 1. The van der Waals surface area contributed by atoms with Crippen molar-refractivity contribution in [3.05, 3.63) is 0 Å². The van der Waals surface area contributed by atoms with Gasteiger partial charge in [0.15, 0.2) is 0 Å². The fourth-order valence-corrected chi connectivity index (χ4v) is 2.16. The number of methoxy groups -OCH3 is 1. The Bertz CT molecular complexity index is 364. The number of ether oxygens (including phenoxy) is 3. The third kappa shape index (κ3) is 5.21. The highest BCUT2D eigenvalue weighted by Gasteiger charge is 2.44. The molecular weight excluding hydrogens is 344 g/mol. The van der Waals surface area contributed by atoms with E-state index in [4.69, 9.17) is 14.2 Å². The number of carbonyl (C=O) groups is 2. The number of piperazine rings is 1. The predicted molar refractivity (Wildman–Crippen MR) is 79.9 cm³/mol. The maximum absolute atomic E-state index is 12.2. The number of hydrogen-bond acceptors (Lipinski definition) is 5. The molecule has 122 valence electrons. The number of rotatable bonds is 9. The van der Waals surface area contributed by atoms with E-state index in [0.717, 1.165) is 0 Å². The molecular formula is C13H23BrN2O5. The van der Waals surface area contributed by atoms with E-state index in [2.05, 4.69) is 16.1 Å². The summed E-state index contributed by atoms with van der Waals surface area (Å²) >= 11 is 3.14. The molecule has 0 bridgehead atoms. The Balaban J connectivity index is 2.23. The molecule has 1 aliphatic rings. The van der Waals surface area contributed by atoms with Gasteiger partial charge in [-0.1, -0.05) is 0 Å². The lowest BCUT2D eigenvalue weighted by atomic mass is 10.0. The Morgan fingerprint density at radius 3 is 2.29 bits per heavy atom. The smallest absolute Gasteiger partial charge is 0.253 e. The van der Waals surface area contributed by atoms with Gasteiger partial charge in [-0.3, -0.25) is 13.5 Å². The van der Waals surface area contributed by atoms with Crippen LogP contribution in [0.2, 0.25) is 0 Å². The average molecular weight is 367 g/mol. The van der Waals surface area contributed by atoms with Gasteiger partial charge in [-0.2, -0.15) is 0 Å². The van der Waals surface area contributed by atoms with Crippen LogP contribution >= 0.6 is 16.1 Å². The van der Waals surface area contributed by atoms with Gasteiger partial charge in [0.25, 0.3) is 5.91 Å². The zero-order valence-electron chi connectivity index (χ0n) is 12.8. The molecule has 0 aromatic rings. The van der Waals surface area contributed by atoms with E-state index in [1.165, 1.54) is 8.83 Å². The minimum atomic E-state index is -0.876. The number of hydrogen-bond donors (Lipinski definition) is 0. The highest BCUT2D eigenvalue weighted by atomic mass is 79.9. The summed E-state index contributed by atoms with van der Waals surface area (Å²) in [6.07, 6.45) is 0. The quantitative estimate of drug-likeness (QED) is 0.437. The van der Waals surface area contributed by atoms with Crippen molar-refractivity contribution in [3.63, 3.8) is 0 Å². The molecule has 0 spiro atoms. The van der Waals surface area contributed by atoms with Gasteiger partial charge in [0.05, 0.1) is 49.2 Å². The van der Waals surface area contributed by atoms with Crippen LogP contribution in [0.1, 0.15) is 13.8 Å². The number of nitrogens with zero attached hydrogens (tertiary/aromatic N) is 2. The first-order valence-electron chi connectivity index (χ1n) is 6.84. The second kappa shape index (κ2) is 8.67. The van der Waals surface area contributed by atoms with E-state index in [1.807, 2.05) is 0 Å². The summed E-state index contributed by atoms with van der Waals surface area (Å²) in [7, 11) is 1.62. The third-order valence-corrected chi connectivity index (χ3v) is 4.44. The number of carbonyl (C=O) groups excluding carboxylic acids is 2. The highest BCUT2D eigenvalue weighted by Crippen LogP contribution is 2.26. The summed E-state index contributed by atoms with van der Waals surface area (Å²) in [4.78, 5) is 25.6. The molecule has 21 heavy (non-hydrogen) atoms. The first-order chi connectivity index (χ1) is 9.91. The van der Waals surface area contributed by atoms with Crippen LogP contribution in [0.5, 0.6) is 0 Å². The molecule has 2 amide bonds. The third-order valence-electron chi connectivity index (χ3n) is 3.16. The Hall–Kier alpha value is -0.700. The molecule has 0 N–H and O–H groups in total. The van der Waals surface area contributed by atoms with Crippen LogP contribution in [0.4, 0.5) is 0 Å². The zero-order chi connectivity index (χ0) is 15.9. The van der Waals surface area contributed by atoms with Gasteiger partial charge >= 0.3 is 0 Å². The molecule has 8 heteroatoms. The molecule has 0 saturated carbocycles. The normalized spacial score (nSPS) is 18.5. The van der Waals surface area contributed by atoms with Gasteiger partial charge in [0, 0.05) is 13.7 Å². The van der Waals surface area contributed by atoms with Crippen molar-refractivity contribution in [2.24, 2.45) is 0 Å². The van der Waals surface area contributed by atoms with Gasteiger partial charge in [-0.25, -0.2) is 0 Å². The summed E-state index contributed by atoms with van der Waals surface area (Å²) in [6.45, 7) is 6.29. The van der Waals surface area contributed by atoms with Crippen molar-refractivity contribution in [3.8, 4) is 0 Å². The van der Waals surface area contributed by atoms with E-state index >= 15 is 0 Å². The Kier molecular flexibility index (Phi) is 7.58. The number of amides is 2. The van der Waals surface area contributed by atoms with Gasteiger partial charge in [0.1, 0.15) is 12.1 Å². The van der Waals surface area contributed by atoms with Crippen molar-refractivity contribution >= 4 is 28.0 Å². The minimum Gasteiger partial charge on any atom is -0.382 e. The van der Waals surface area contributed by atoms with Crippen LogP contribution in [0.3, 0.4) is 0 Å². The first kappa shape index (κ1) is 18.3. The fraction of sp³-hybridized carbons (Fsp3) is 0.846. The van der Waals surface area contributed by atoms with E-state index in [0.29, 0.717) is 39.6 Å². The Labute approximate surface area is 133 Å². The SMILES string of the molecule is COCCOCCOCCN1CC(=O)N(Br)C(C)(C)C1=O. The zero-order valence-corrected chi connectivity index (χ0v) is 14.3. The van der Waals surface area contributed by atoms with Crippen LogP contribution in [0.15, 0.2) is 0 Å². The minimum absolute atomic E-state index is 0.0706. The average Bonchev–Trinajstić information content (AvgIpc) is 2.45. The summed E-state index contributed by atoms with van der Waals surface area (Å²) in [5.41, 5.74) is -0.876. The maximum atomic E-state index is 12.2. The van der Waals surface area contributed by atoms with Crippen molar-refractivity contribution in [1.29, 1.82) is 0 Å². The molecule has 1 aliphatic heterocycles. The first-order valence-corrected chi connectivity index (χ1v) is 7.55. The second-order valence-corrected chi connectivity index (χ2v) is 5.89. The topological polar surface area (TPSA) is 68.3 Å². The summed E-state index contributed by atoms with van der Waals surface area (Å²) < 4.78 is 16.8. The Morgan fingerprint density at radius 2 is 1.67 bits per heavy atom. The standard InChI is InChI=1S/C13H23BrN2O5/c1-13(2)12(18)15(10-11(17)16(13)14)4-5-20-8-9-21-7-6-19-3/h4-10H2,1-3H3. The van der Waals surface area contributed by atoms with Crippen molar-refractivity contribution in [2.75, 3.05) is 53.2 Å². The molecule has 0 aromatic heterocycles. The van der Waals surface area contributed by atoms with Crippen molar-refractivity contribution in [2.45, 2.75) is 19.4 Å². The van der Waals surface area contributed by atoms with Crippen LogP contribution in [-0.2, 0) is 23.8 Å². The fourth-order valence-electron chi connectivity index (χ4n) is 1.90. The molecule has 0 unspecified atom stereocenters. The summed E-state index contributed by atoms with van der Waals surface area (Å²) in [5.74, 6) is -0.235. The summed E-state index contributed by atoms with van der Waals surface area (Å²) in [5, 5.41) is 0. The second-order valence-electron chi connectivity index (χ2n) is 5.18. The van der Waals surface area contributed by atoms with Gasteiger partial charge in [-0.05, 0) is 13.8 Å². The van der Waals surface area contributed by atoms with E-state index in [9.17, 15) is 9.59 Å². The molecule has 0 aromatic carbocycles. The molecule has 1 heterocycles. The highest BCUT2D eigenvalue weighted by molar-refractivity contribution is 9.07. The van der Waals surface area contributed by atoms with E-state index < -0.39 is 5.54 Å². The van der Waals surface area contributed by atoms with Crippen LogP contribution in [-0.4, -0.2) is 79.4 Å². The largest absolute Gasteiger partial charge is 0.382 e. The lowest BCUT2D eigenvalue weighted by Crippen LogP contribution is -2.62. The Morgan fingerprint density at radius 1 is 1.10 bits per heavy atom. The van der Waals surface area contributed by atoms with Crippen molar-refractivity contribution in [1.82, 2.24) is 8.83 Å². The molecule has 0 atom stereocenters. The molecule has 1 saturated heterocycles. The van der Waals surface area contributed by atoms with Gasteiger partial charge < -0.3 is 19.1 Å². The lowest BCUT2D eigenvalue weighted by Gasteiger charge is -2.41. The molecule has 1 rings (SSSR count). The monoisotopic (exact) mass is 366 g/mol. The molecule has 0 radical (unpaired) electrons. The van der Waals surface area contributed by atoms with Crippen LogP contribution in [0, 0.1) is 0 Å². The molecule has 7 nitrogen and oxygen atoms in total. The predicted octanol–water partition coefficient (Wildman–Crippen LogP) is 0.425. The molecule has 1 fully saturated rings. The maximum Gasteiger partial charge on any atom is 0.253 e. The van der Waals surface area contributed by atoms with Gasteiger partial charge in [-0.15, -0.1) is 0 Å².